The van der Waals surface area contributed by atoms with Crippen molar-refractivity contribution in [1.29, 1.82) is 0 Å². The van der Waals surface area contributed by atoms with Gasteiger partial charge in [0.1, 0.15) is 12.1 Å². The Morgan fingerprint density at radius 3 is 2.91 bits per heavy atom. The number of ether oxygens (including phenoxy) is 1. The van der Waals surface area contributed by atoms with Gasteiger partial charge in [-0.3, -0.25) is 14.2 Å². The van der Waals surface area contributed by atoms with Crippen LogP contribution in [0.2, 0.25) is 0 Å². The van der Waals surface area contributed by atoms with Crippen LogP contribution in [0, 0.1) is 13.8 Å². The second kappa shape index (κ2) is 5.25. The van der Waals surface area contributed by atoms with E-state index in [4.69, 9.17) is 9.15 Å². The van der Waals surface area contributed by atoms with Crippen molar-refractivity contribution in [2.75, 3.05) is 6.61 Å². The maximum atomic E-state index is 12.4. The van der Waals surface area contributed by atoms with E-state index in [-0.39, 0.29) is 18.7 Å². The lowest BCUT2D eigenvalue weighted by atomic mass is 10.1. The molecule has 0 unspecified atom stereocenters. The predicted molar refractivity (Wildman–Crippen MR) is 79.7 cm³/mol. The van der Waals surface area contributed by atoms with Crippen molar-refractivity contribution in [3.05, 3.63) is 34.0 Å². The summed E-state index contributed by atoms with van der Waals surface area (Å²) in [6, 6.07) is 1.91. The van der Waals surface area contributed by atoms with Crippen LogP contribution in [-0.4, -0.2) is 27.1 Å². The Morgan fingerprint density at radius 1 is 1.41 bits per heavy atom. The fourth-order valence-corrected chi connectivity index (χ4v) is 2.46. The summed E-state index contributed by atoms with van der Waals surface area (Å²) in [6.07, 6.45) is 1.33. The third-order valence-corrected chi connectivity index (χ3v) is 3.35. The van der Waals surface area contributed by atoms with Gasteiger partial charge in [0.05, 0.1) is 18.3 Å². The average Bonchev–Trinajstić information content (AvgIpc) is 2.81. The number of carbonyl (C=O) groups is 1. The van der Waals surface area contributed by atoms with E-state index in [2.05, 4.69) is 9.97 Å². The van der Waals surface area contributed by atoms with Crippen molar-refractivity contribution < 1.29 is 13.9 Å². The lowest BCUT2D eigenvalue weighted by Gasteiger charge is -2.04. The summed E-state index contributed by atoms with van der Waals surface area (Å²) in [4.78, 5) is 32.5. The summed E-state index contributed by atoms with van der Waals surface area (Å²) in [6.45, 7) is 5.54. The molecule has 0 atom stereocenters. The topological polar surface area (TPSA) is 87.2 Å². The third kappa shape index (κ3) is 2.24. The molecule has 0 aromatic carbocycles. The van der Waals surface area contributed by atoms with Crippen LogP contribution >= 0.6 is 0 Å². The minimum Gasteiger partial charge on any atom is -0.465 e. The van der Waals surface area contributed by atoms with Gasteiger partial charge in [0.2, 0.25) is 11.3 Å². The van der Waals surface area contributed by atoms with E-state index in [1.807, 2.05) is 19.9 Å². The van der Waals surface area contributed by atoms with E-state index in [0.717, 1.165) is 16.6 Å². The molecule has 0 radical (unpaired) electrons. The Labute approximate surface area is 125 Å². The molecule has 3 rings (SSSR count). The van der Waals surface area contributed by atoms with Gasteiger partial charge in [0, 0.05) is 5.69 Å². The highest BCUT2D eigenvalue weighted by Gasteiger charge is 2.17. The number of fused-ring (bicyclic) bond motifs is 3. The van der Waals surface area contributed by atoms with Crippen LogP contribution in [0.4, 0.5) is 0 Å². The van der Waals surface area contributed by atoms with Crippen LogP contribution in [0.25, 0.3) is 22.2 Å². The number of hydrogen-bond donors (Lipinski definition) is 0. The van der Waals surface area contributed by atoms with Crippen LogP contribution in [-0.2, 0) is 16.1 Å². The third-order valence-electron chi connectivity index (χ3n) is 3.35. The van der Waals surface area contributed by atoms with Gasteiger partial charge in [0.15, 0.2) is 0 Å². The molecular weight excluding hydrogens is 286 g/mol. The van der Waals surface area contributed by atoms with Crippen LogP contribution in [0.15, 0.2) is 21.6 Å². The number of carbonyl (C=O) groups excluding carboxylic acids is 1. The molecule has 0 aliphatic carbocycles. The van der Waals surface area contributed by atoms with Gasteiger partial charge in [0.25, 0.3) is 5.56 Å². The normalized spacial score (nSPS) is 11.2. The van der Waals surface area contributed by atoms with Gasteiger partial charge >= 0.3 is 5.97 Å². The second-order valence-corrected chi connectivity index (χ2v) is 5.02. The van der Waals surface area contributed by atoms with Crippen LogP contribution in [0.1, 0.15) is 18.2 Å². The molecule has 3 heterocycles. The summed E-state index contributed by atoms with van der Waals surface area (Å²) in [5.74, 6) is -0.494. The Morgan fingerprint density at radius 2 is 2.18 bits per heavy atom. The summed E-state index contributed by atoms with van der Waals surface area (Å²) in [5, 5.41) is 0.723. The molecule has 0 bridgehead atoms. The first-order chi connectivity index (χ1) is 10.5. The number of rotatable bonds is 3. The van der Waals surface area contributed by atoms with Crippen LogP contribution in [0.3, 0.4) is 0 Å². The van der Waals surface area contributed by atoms with Crippen molar-refractivity contribution >= 4 is 28.2 Å². The zero-order valence-corrected chi connectivity index (χ0v) is 12.5. The van der Waals surface area contributed by atoms with Gasteiger partial charge < -0.3 is 9.15 Å². The first-order valence-electron chi connectivity index (χ1n) is 6.92. The summed E-state index contributed by atoms with van der Waals surface area (Å²) >= 11 is 0. The van der Waals surface area contributed by atoms with Crippen molar-refractivity contribution in [3.63, 3.8) is 0 Å². The number of aromatic nitrogens is 3. The average molecular weight is 301 g/mol. The van der Waals surface area contributed by atoms with Crippen LogP contribution < -0.4 is 5.56 Å². The van der Waals surface area contributed by atoms with E-state index in [9.17, 15) is 9.59 Å². The predicted octanol–water partition coefficient (Wildman–Crippen LogP) is 1.72. The molecule has 0 aliphatic heterocycles. The molecule has 0 N–H and O–H groups in total. The van der Waals surface area contributed by atoms with E-state index >= 15 is 0 Å². The quantitative estimate of drug-likeness (QED) is 0.684. The van der Waals surface area contributed by atoms with E-state index < -0.39 is 11.5 Å². The van der Waals surface area contributed by atoms with Gasteiger partial charge in [-0.25, -0.2) is 9.97 Å². The molecule has 22 heavy (non-hydrogen) atoms. The van der Waals surface area contributed by atoms with Crippen LogP contribution in [0.5, 0.6) is 0 Å². The summed E-state index contributed by atoms with van der Waals surface area (Å²) in [7, 11) is 0. The Bertz CT molecular complexity index is 939. The number of esters is 1. The van der Waals surface area contributed by atoms with Crippen molar-refractivity contribution in [1.82, 2.24) is 14.5 Å². The highest BCUT2D eigenvalue weighted by molar-refractivity contribution is 6.02. The Kier molecular flexibility index (Phi) is 3.40. The summed E-state index contributed by atoms with van der Waals surface area (Å²) in [5.41, 5.74) is 2.26. The van der Waals surface area contributed by atoms with E-state index in [1.165, 1.54) is 10.9 Å². The molecule has 3 aromatic heterocycles. The highest BCUT2D eigenvalue weighted by Crippen LogP contribution is 2.26. The summed E-state index contributed by atoms with van der Waals surface area (Å²) < 4.78 is 11.6. The number of nitrogens with zero attached hydrogens (tertiary/aromatic N) is 3. The molecule has 0 fully saturated rings. The molecule has 0 saturated heterocycles. The molecular formula is C15H15N3O4. The smallest absolute Gasteiger partial charge is 0.326 e. The standard InChI is InChI=1S/C15H15N3O4/c1-4-21-10(19)6-18-7-16-12-11-8(2)5-9(3)17-14(11)22-13(12)15(18)20/h5,7H,4,6H2,1-3H3. The number of furan rings is 1. The maximum Gasteiger partial charge on any atom is 0.326 e. The molecule has 7 nitrogen and oxygen atoms in total. The minimum absolute atomic E-state index is 0.1000. The van der Waals surface area contributed by atoms with Gasteiger partial charge in [-0.15, -0.1) is 0 Å². The Balaban J connectivity index is 2.20. The zero-order valence-electron chi connectivity index (χ0n) is 12.5. The largest absolute Gasteiger partial charge is 0.465 e. The maximum absolute atomic E-state index is 12.4. The number of pyridine rings is 1. The molecule has 0 saturated carbocycles. The van der Waals surface area contributed by atoms with Crippen molar-refractivity contribution in [2.45, 2.75) is 27.3 Å². The Hall–Kier alpha value is -2.70. The molecule has 7 heteroatoms. The first kappa shape index (κ1) is 14.2. The fraction of sp³-hybridized carbons (Fsp3) is 0.333. The molecule has 3 aromatic rings. The van der Waals surface area contributed by atoms with Gasteiger partial charge in [-0.2, -0.15) is 0 Å². The molecule has 0 aliphatic rings. The van der Waals surface area contributed by atoms with Gasteiger partial charge in [-0.05, 0) is 32.4 Å². The van der Waals surface area contributed by atoms with Gasteiger partial charge in [-0.1, -0.05) is 0 Å². The zero-order chi connectivity index (χ0) is 15.9. The van der Waals surface area contributed by atoms with Crippen molar-refractivity contribution in [3.8, 4) is 0 Å². The first-order valence-corrected chi connectivity index (χ1v) is 6.92. The molecule has 0 spiro atoms. The lowest BCUT2D eigenvalue weighted by Crippen LogP contribution is -2.25. The number of aryl methyl sites for hydroxylation is 2. The SMILES string of the molecule is CCOC(=O)Cn1cnc2c(oc3nc(C)cc(C)c32)c1=O. The minimum atomic E-state index is -0.494. The molecule has 0 amide bonds. The fourth-order valence-electron chi connectivity index (χ4n) is 2.46. The second-order valence-electron chi connectivity index (χ2n) is 5.02. The van der Waals surface area contributed by atoms with E-state index in [0.29, 0.717) is 11.2 Å². The molecule has 114 valence electrons. The monoisotopic (exact) mass is 301 g/mol. The van der Waals surface area contributed by atoms with E-state index in [1.54, 1.807) is 6.92 Å². The number of hydrogen-bond acceptors (Lipinski definition) is 6. The lowest BCUT2D eigenvalue weighted by molar-refractivity contribution is -0.143. The van der Waals surface area contributed by atoms with Crippen molar-refractivity contribution in [2.24, 2.45) is 0 Å². The highest BCUT2D eigenvalue weighted by atomic mass is 16.5.